The molecule has 0 radical (unpaired) electrons. The molecule has 5 rings (SSSR count). The minimum absolute atomic E-state index is 0.110. The molecule has 2 aromatic rings. The number of esters is 1. The number of nitrogens with zero attached hydrogens (tertiary/aromatic N) is 2. The Bertz CT molecular complexity index is 1490. The van der Waals surface area contributed by atoms with Gasteiger partial charge in [0.2, 0.25) is 11.8 Å². The lowest BCUT2D eigenvalue weighted by atomic mass is 9.70. The van der Waals surface area contributed by atoms with Crippen molar-refractivity contribution in [3.63, 3.8) is 0 Å². The molecule has 3 saturated heterocycles. The van der Waals surface area contributed by atoms with Crippen LogP contribution in [0.5, 0.6) is 5.75 Å². The van der Waals surface area contributed by atoms with Crippen LogP contribution in [0.4, 0.5) is 5.69 Å². The molecule has 3 fully saturated rings. The number of amides is 3. The summed E-state index contributed by atoms with van der Waals surface area (Å²) in [5, 5.41) is 13.0. The number of hydrogen-bond acceptors (Lipinski definition) is 8. The second-order valence-corrected chi connectivity index (χ2v) is 13.0. The van der Waals surface area contributed by atoms with E-state index in [1.807, 2.05) is 30.3 Å². The van der Waals surface area contributed by atoms with Crippen LogP contribution in [0.1, 0.15) is 30.9 Å². The first-order valence-electron chi connectivity index (χ1n) is 15.6. The van der Waals surface area contributed by atoms with Gasteiger partial charge in [-0.05, 0) is 42.7 Å². The van der Waals surface area contributed by atoms with Crippen LogP contribution in [-0.4, -0.2) is 89.7 Å². The number of nitrogens with one attached hydrogen (secondary N) is 1. The first-order valence-corrected chi connectivity index (χ1v) is 16.5. The summed E-state index contributed by atoms with van der Waals surface area (Å²) in [5.41, 5.74) is -0.0357. The second kappa shape index (κ2) is 14.8. The van der Waals surface area contributed by atoms with Crippen molar-refractivity contribution in [3.8, 4) is 5.75 Å². The SMILES string of the molecule is C=CCCC(=O)OC[C@@H](NC(=O)[C@@H]1[C@H]2O[C@@]3(CC2Br)[C@H](C(=O)N(CC=C)c2ccc(OC)cc2)N(CCO)C(=O)[C@@H]13)c1ccccc1. The molecule has 0 saturated carbocycles. The Kier molecular flexibility index (Phi) is 10.8. The smallest absolute Gasteiger partial charge is 0.306 e. The summed E-state index contributed by atoms with van der Waals surface area (Å²) in [6, 6.07) is 14.3. The fourth-order valence-electron chi connectivity index (χ4n) is 7.06. The number of allylic oxidation sites excluding steroid dienone is 1. The number of likely N-dealkylation sites (tertiary alicyclic amines) is 1. The number of alkyl halides is 1. The van der Waals surface area contributed by atoms with E-state index in [1.54, 1.807) is 43.5 Å². The van der Waals surface area contributed by atoms with Crippen LogP contribution >= 0.6 is 15.9 Å². The van der Waals surface area contributed by atoms with Gasteiger partial charge < -0.3 is 34.4 Å². The molecule has 3 heterocycles. The van der Waals surface area contributed by atoms with Crippen LogP contribution in [0, 0.1) is 11.8 Å². The van der Waals surface area contributed by atoms with E-state index in [2.05, 4.69) is 34.4 Å². The van der Waals surface area contributed by atoms with Gasteiger partial charge in [0.05, 0.1) is 37.7 Å². The number of fused-ring (bicyclic) bond motifs is 1. The van der Waals surface area contributed by atoms with Crippen molar-refractivity contribution < 1.29 is 38.5 Å². The van der Waals surface area contributed by atoms with Crippen molar-refractivity contribution in [2.45, 2.75) is 47.9 Å². The Morgan fingerprint density at radius 1 is 1.17 bits per heavy atom. The highest BCUT2D eigenvalue weighted by molar-refractivity contribution is 9.09. The van der Waals surface area contributed by atoms with Gasteiger partial charge in [-0.15, -0.1) is 13.2 Å². The lowest BCUT2D eigenvalue weighted by molar-refractivity contribution is -0.146. The predicted molar refractivity (Wildman–Crippen MR) is 178 cm³/mol. The van der Waals surface area contributed by atoms with E-state index in [0.717, 1.165) is 5.56 Å². The molecule has 3 amide bonds. The topological polar surface area (TPSA) is 135 Å². The van der Waals surface area contributed by atoms with Gasteiger partial charge in [0.1, 0.15) is 24.0 Å². The summed E-state index contributed by atoms with van der Waals surface area (Å²) in [6.45, 7) is 7.01. The first-order chi connectivity index (χ1) is 22.7. The molecule has 3 aliphatic rings. The van der Waals surface area contributed by atoms with Crippen LogP contribution in [0.25, 0.3) is 0 Å². The largest absolute Gasteiger partial charge is 0.497 e. The third-order valence-corrected chi connectivity index (χ3v) is 9.96. The van der Waals surface area contributed by atoms with Gasteiger partial charge in [0.25, 0.3) is 5.91 Å². The minimum Gasteiger partial charge on any atom is -0.497 e. The number of benzene rings is 2. The zero-order chi connectivity index (χ0) is 33.7. The number of aliphatic hydroxyl groups excluding tert-OH is 1. The number of halogens is 1. The second-order valence-electron chi connectivity index (χ2n) is 11.8. The summed E-state index contributed by atoms with van der Waals surface area (Å²) in [5.74, 6) is -3.02. The van der Waals surface area contributed by atoms with Crippen molar-refractivity contribution >= 4 is 45.3 Å². The number of methoxy groups -OCH3 is 1. The molecule has 0 aliphatic carbocycles. The van der Waals surface area contributed by atoms with Gasteiger partial charge in [-0.3, -0.25) is 19.2 Å². The van der Waals surface area contributed by atoms with Crippen molar-refractivity contribution in [1.29, 1.82) is 0 Å². The van der Waals surface area contributed by atoms with Gasteiger partial charge >= 0.3 is 5.97 Å². The van der Waals surface area contributed by atoms with Crippen LogP contribution in [0.3, 0.4) is 0 Å². The molecule has 1 spiro atoms. The van der Waals surface area contributed by atoms with Crippen LogP contribution in [0.15, 0.2) is 79.9 Å². The number of anilines is 1. The maximum Gasteiger partial charge on any atom is 0.306 e. The van der Waals surface area contributed by atoms with Crippen molar-refractivity contribution in [1.82, 2.24) is 10.2 Å². The van der Waals surface area contributed by atoms with Crippen LogP contribution in [0.2, 0.25) is 0 Å². The maximum atomic E-state index is 14.5. The normalized spacial score (nSPS) is 26.3. The standard InChI is InChI=1S/C35H40BrN3O8/c1-4-6-12-27(41)46-21-26(22-10-8-7-9-11-22)37-32(42)28-29-33(43)39(18-19-40)31(35(29)20-25(36)30(28)47-35)34(44)38(17-5-2)23-13-15-24(45-3)16-14-23/h4-5,7-11,13-16,25-26,28-31,40H,1-2,6,12,17-21H2,3H3,(H,37,42)/t25?,26-,28+,29-,30+,31+,35-/m1/s1. The van der Waals surface area contributed by atoms with Crippen LogP contribution < -0.4 is 15.0 Å². The average Bonchev–Trinajstić information content (AvgIpc) is 3.68. The molecular weight excluding hydrogens is 670 g/mol. The zero-order valence-electron chi connectivity index (χ0n) is 26.3. The van der Waals surface area contributed by atoms with E-state index in [9.17, 15) is 24.3 Å². The number of hydrogen-bond donors (Lipinski definition) is 2. The highest BCUT2D eigenvalue weighted by Crippen LogP contribution is 2.60. The molecule has 2 N–H and O–H groups in total. The zero-order valence-corrected chi connectivity index (χ0v) is 27.8. The lowest BCUT2D eigenvalue weighted by Crippen LogP contribution is -2.57. The summed E-state index contributed by atoms with van der Waals surface area (Å²) >= 11 is 3.69. The number of β-amino-alcohol motifs (C(OH)–C–C–N with tert-alkyl or cyclic N) is 1. The highest BCUT2D eigenvalue weighted by atomic mass is 79.9. The van der Waals surface area contributed by atoms with E-state index in [1.165, 1.54) is 9.80 Å². The molecule has 47 heavy (non-hydrogen) atoms. The fourth-order valence-corrected chi connectivity index (χ4v) is 8.00. The van der Waals surface area contributed by atoms with Gasteiger partial charge in [-0.2, -0.15) is 0 Å². The molecule has 0 aromatic heterocycles. The molecule has 11 nitrogen and oxygen atoms in total. The monoisotopic (exact) mass is 709 g/mol. The Morgan fingerprint density at radius 2 is 1.89 bits per heavy atom. The van der Waals surface area contributed by atoms with Gasteiger partial charge in [0.15, 0.2) is 0 Å². The average molecular weight is 711 g/mol. The molecule has 3 aliphatic heterocycles. The number of ether oxygens (including phenoxy) is 3. The summed E-state index contributed by atoms with van der Waals surface area (Å²) in [4.78, 5) is 57.8. The number of rotatable bonds is 15. The molecule has 2 aromatic carbocycles. The summed E-state index contributed by atoms with van der Waals surface area (Å²) in [6.07, 6.45) is 3.46. The molecule has 12 heteroatoms. The Balaban J connectivity index is 1.46. The number of carbonyl (C=O) groups is 4. The molecule has 2 bridgehead atoms. The Hall–Kier alpha value is -4.00. The third-order valence-electron chi connectivity index (χ3n) is 9.11. The van der Waals surface area contributed by atoms with Gasteiger partial charge in [-0.25, -0.2) is 0 Å². The molecule has 250 valence electrons. The van der Waals surface area contributed by atoms with Gasteiger partial charge in [-0.1, -0.05) is 58.4 Å². The highest BCUT2D eigenvalue weighted by Gasteiger charge is 2.76. The third kappa shape index (κ3) is 6.59. The lowest BCUT2D eigenvalue weighted by Gasteiger charge is -2.37. The quantitative estimate of drug-likeness (QED) is 0.164. The van der Waals surface area contributed by atoms with Crippen molar-refractivity contribution in [2.24, 2.45) is 11.8 Å². The predicted octanol–water partition coefficient (Wildman–Crippen LogP) is 3.32. The Morgan fingerprint density at radius 3 is 2.53 bits per heavy atom. The van der Waals surface area contributed by atoms with Crippen LogP contribution in [-0.2, 0) is 28.7 Å². The summed E-state index contributed by atoms with van der Waals surface area (Å²) < 4.78 is 17.4. The summed E-state index contributed by atoms with van der Waals surface area (Å²) in [7, 11) is 1.55. The van der Waals surface area contributed by atoms with E-state index in [0.29, 0.717) is 24.3 Å². The fraction of sp³-hybridized carbons (Fsp3) is 0.429. The number of aliphatic hydroxyl groups is 1. The van der Waals surface area contributed by atoms with Crippen molar-refractivity contribution in [2.75, 3.05) is 38.3 Å². The van der Waals surface area contributed by atoms with Gasteiger partial charge in [0, 0.05) is 30.0 Å². The van der Waals surface area contributed by atoms with E-state index < -0.39 is 59.3 Å². The maximum absolute atomic E-state index is 14.5. The minimum atomic E-state index is -1.32. The molecular formula is C35H40BrN3O8. The van der Waals surface area contributed by atoms with E-state index in [4.69, 9.17) is 14.2 Å². The van der Waals surface area contributed by atoms with Crippen molar-refractivity contribution in [3.05, 3.63) is 85.5 Å². The number of carbonyl (C=O) groups excluding carboxylic acids is 4. The van der Waals surface area contributed by atoms with E-state index >= 15 is 0 Å². The molecule has 7 atom stereocenters. The Labute approximate surface area is 282 Å². The molecule has 1 unspecified atom stereocenters. The van der Waals surface area contributed by atoms with E-state index in [-0.39, 0.29) is 37.6 Å². The first kappa shape index (κ1) is 34.3.